The van der Waals surface area contributed by atoms with Crippen LogP contribution >= 0.6 is 0 Å². The van der Waals surface area contributed by atoms with Crippen LogP contribution in [0.25, 0.3) is 0 Å². The van der Waals surface area contributed by atoms with E-state index < -0.39 is 18.5 Å². The molecule has 0 amide bonds. The second-order valence-corrected chi connectivity index (χ2v) is 0.557. The van der Waals surface area contributed by atoms with Crippen molar-refractivity contribution in [1.82, 2.24) is 0 Å². The predicted octanol–water partition coefficient (Wildman–Crippen LogP) is -8.24. The van der Waals surface area contributed by atoms with E-state index in [1.807, 2.05) is 0 Å². The van der Waals surface area contributed by atoms with E-state index in [1.165, 1.54) is 0 Å². The van der Waals surface area contributed by atoms with E-state index in [0.717, 1.165) is 0 Å². The quantitative estimate of drug-likeness (QED) is 0.404. The summed E-state index contributed by atoms with van der Waals surface area (Å²) in [4.78, 5) is 0. The Kier molecular flexibility index (Phi) is 642. The van der Waals surface area contributed by atoms with E-state index >= 15 is 0 Å². The Hall–Kier alpha value is 2.13. The standard InChI is InChI=1S/2Na.4H2O.2O.W/h;;4*1H2;;;/q2*+1;;;;;;;/p-2. The predicted molar refractivity (Wildman–Crippen MR) is 12.5 cm³/mol. The van der Waals surface area contributed by atoms with Crippen molar-refractivity contribution in [2.24, 2.45) is 0 Å². The first-order chi connectivity index (χ1) is 1.41. The molecular weight excluding hydrogens is 326 g/mol. The van der Waals surface area contributed by atoms with Gasteiger partial charge >= 0.3 is 84.4 Å². The van der Waals surface area contributed by atoms with Crippen LogP contribution in [0.3, 0.4) is 0 Å². The third-order valence-electron chi connectivity index (χ3n) is 0. The molecule has 0 saturated heterocycles. The SMILES string of the molecule is O.O.[Na+].[Na+].[OH-].[OH-].[O]=[W]=[O]. The van der Waals surface area contributed by atoms with Crippen molar-refractivity contribution in [3.05, 3.63) is 0 Å². The van der Waals surface area contributed by atoms with Gasteiger partial charge in [-0.15, -0.1) is 0 Å². The number of hydrogen-bond donors (Lipinski definition) is 0. The molecule has 9 heteroatoms. The van der Waals surface area contributed by atoms with Crippen LogP contribution in [0.2, 0.25) is 0 Å². The van der Waals surface area contributed by atoms with E-state index in [4.69, 9.17) is 6.80 Å². The zero-order chi connectivity index (χ0) is 2.71. The fourth-order valence-corrected chi connectivity index (χ4v) is 0. The van der Waals surface area contributed by atoms with Crippen LogP contribution in [0.15, 0.2) is 0 Å². The summed E-state index contributed by atoms with van der Waals surface area (Å²) in [5.41, 5.74) is 0. The van der Waals surface area contributed by atoms with Gasteiger partial charge in [0.15, 0.2) is 0 Å². The maximum absolute atomic E-state index is 8.54. The first-order valence-electron chi connectivity index (χ1n) is 0.333. The van der Waals surface area contributed by atoms with Crippen LogP contribution in [0.4, 0.5) is 0 Å². The van der Waals surface area contributed by atoms with Crippen LogP contribution in [-0.2, 0) is 25.3 Å². The summed E-state index contributed by atoms with van der Waals surface area (Å²) < 4.78 is 17.1. The Labute approximate surface area is 105 Å². The fourth-order valence-electron chi connectivity index (χ4n) is 0. The minimum atomic E-state index is -2.25. The molecule has 50 valence electrons. The summed E-state index contributed by atoms with van der Waals surface area (Å²) in [5.74, 6) is 0. The van der Waals surface area contributed by atoms with Crippen molar-refractivity contribution >= 4 is 0 Å². The molecule has 0 radical (unpaired) electrons. The summed E-state index contributed by atoms with van der Waals surface area (Å²) in [6.07, 6.45) is 0. The van der Waals surface area contributed by atoms with Crippen LogP contribution < -0.4 is 59.1 Å². The summed E-state index contributed by atoms with van der Waals surface area (Å²) in [6.45, 7) is 0. The Bertz CT molecular complexity index is 32.0. The van der Waals surface area contributed by atoms with Gasteiger partial charge in [0.2, 0.25) is 0 Å². The Morgan fingerprint density at radius 2 is 0.778 bits per heavy atom. The van der Waals surface area contributed by atoms with Crippen molar-refractivity contribution < 1.29 is 106 Å². The molecule has 0 heterocycles. The molecule has 9 heavy (non-hydrogen) atoms. The molecule has 0 atom stereocenters. The summed E-state index contributed by atoms with van der Waals surface area (Å²) in [5, 5.41) is 0. The molecule has 0 fully saturated rings. The molecule has 0 aromatic carbocycles. The molecule has 0 aromatic heterocycles. The molecule has 0 saturated carbocycles. The molecule has 0 rings (SSSR count). The zero-order valence-electron chi connectivity index (χ0n) is 5.12. The first-order valence-corrected chi connectivity index (χ1v) is 2.73. The Balaban J connectivity index is -0.00000000133. The van der Waals surface area contributed by atoms with Crippen molar-refractivity contribution in [3.63, 3.8) is 0 Å². The third kappa shape index (κ3) is 148. The van der Waals surface area contributed by atoms with Crippen LogP contribution in [-0.4, -0.2) is 21.9 Å². The molecule has 6 nitrogen and oxygen atoms in total. The number of hydrogen-bond acceptors (Lipinski definition) is 4. The molecular formula is H6Na2O6W. The van der Waals surface area contributed by atoms with Gasteiger partial charge in [0.1, 0.15) is 0 Å². The Morgan fingerprint density at radius 3 is 0.778 bits per heavy atom. The number of rotatable bonds is 0. The second kappa shape index (κ2) is 86.2. The van der Waals surface area contributed by atoms with Gasteiger partial charge < -0.3 is 21.9 Å². The molecule has 0 unspecified atom stereocenters. The van der Waals surface area contributed by atoms with Gasteiger partial charge in [-0.1, -0.05) is 0 Å². The van der Waals surface area contributed by atoms with Gasteiger partial charge in [0.25, 0.3) is 0 Å². The van der Waals surface area contributed by atoms with E-state index in [9.17, 15) is 0 Å². The van der Waals surface area contributed by atoms with Crippen LogP contribution in [0.5, 0.6) is 0 Å². The van der Waals surface area contributed by atoms with Crippen molar-refractivity contribution in [2.45, 2.75) is 0 Å². The van der Waals surface area contributed by atoms with E-state index in [0.29, 0.717) is 0 Å². The molecule has 0 aliphatic rings. The average molecular weight is 332 g/mol. The van der Waals surface area contributed by atoms with Crippen molar-refractivity contribution in [3.8, 4) is 0 Å². The van der Waals surface area contributed by atoms with E-state index in [-0.39, 0.29) is 81.0 Å². The normalized spacial score (nSPS) is 1.33. The molecule has 0 spiro atoms. The molecule has 0 aliphatic heterocycles. The van der Waals surface area contributed by atoms with Gasteiger partial charge in [-0.2, -0.15) is 0 Å². The molecule has 6 N–H and O–H groups in total. The van der Waals surface area contributed by atoms with Crippen LogP contribution in [0, 0.1) is 0 Å². The third-order valence-corrected chi connectivity index (χ3v) is 0. The summed E-state index contributed by atoms with van der Waals surface area (Å²) in [6, 6.07) is 0. The maximum atomic E-state index is 8.54. The average Bonchev–Trinajstić information content (AvgIpc) is 0.918. The molecule has 0 aliphatic carbocycles. The molecule has 0 aromatic rings. The first kappa shape index (κ1) is 67.0. The van der Waals surface area contributed by atoms with Crippen LogP contribution in [0.1, 0.15) is 0 Å². The molecule has 0 bridgehead atoms. The van der Waals surface area contributed by atoms with E-state index in [1.54, 1.807) is 0 Å². The Morgan fingerprint density at radius 1 is 0.778 bits per heavy atom. The van der Waals surface area contributed by atoms with Crippen molar-refractivity contribution in [1.29, 1.82) is 0 Å². The summed E-state index contributed by atoms with van der Waals surface area (Å²) in [7, 11) is 0. The monoisotopic (exact) mass is 332 g/mol. The van der Waals surface area contributed by atoms with Gasteiger partial charge in [-0.3, -0.25) is 0 Å². The zero-order valence-corrected chi connectivity index (χ0v) is 12.1. The van der Waals surface area contributed by atoms with Gasteiger partial charge in [-0.25, -0.2) is 0 Å². The summed E-state index contributed by atoms with van der Waals surface area (Å²) >= 11 is -2.25. The van der Waals surface area contributed by atoms with Gasteiger partial charge in [-0.05, 0) is 0 Å². The second-order valence-electron chi connectivity index (χ2n) is 0.0680. The topological polar surface area (TPSA) is 157 Å². The van der Waals surface area contributed by atoms with Gasteiger partial charge in [0, 0.05) is 0 Å². The minimum absolute atomic E-state index is 0. The van der Waals surface area contributed by atoms with E-state index in [2.05, 4.69) is 0 Å². The van der Waals surface area contributed by atoms with Crippen molar-refractivity contribution in [2.75, 3.05) is 0 Å². The van der Waals surface area contributed by atoms with Gasteiger partial charge in [0.05, 0.1) is 0 Å². The fraction of sp³-hybridized carbons (Fsp3) is 0.